The van der Waals surface area contributed by atoms with Crippen molar-refractivity contribution in [2.24, 2.45) is 0 Å². The molecule has 1 N–H and O–H groups in total. The lowest BCUT2D eigenvalue weighted by Gasteiger charge is -2.31. The standard InChI is InChI=1S/C18H17Cl2N/c1-11-10-18(2,3)21-17-7-5-12(8-14(11)17)13-4-6-15(19)16(20)9-13/h4-10,21H,1-3H3. The molecular weight excluding hydrogens is 301 g/mol. The number of allylic oxidation sites excluding steroid dienone is 1. The van der Waals surface area contributed by atoms with E-state index in [4.69, 9.17) is 23.2 Å². The first-order valence-corrected chi connectivity index (χ1v) is 7.69. The van der Waals surface area contributed by atoms with Crippen LogP contribution in [-0.4, -0.2) is 5.54 Å². The van der Waals surface area contributed by atoms with Gasteiger partial charge >= 0.3 is 0 Å². The summed E-state index contributed by atoms with van der Waals surface area (Å²) in [5.41, 5.74) is 5.89. The Labute approximate surface area is 135 Å². The van der Waals surface area contributed by atoms with Crippen LogP contribution in [-0.2, 0) is 0 Å². The fourth-order valence-electron chi connectivity index (χ4n) is 2.84. The van der Waals surface area contributed by atoms with Crippen molar-refractivity contribution >= 4 is 34.5 Å². The van der Waals surface area contributed by atoms with Gasteiger partial charge < -0.3 is 5.32 Å². The molecule has 0 atom stereocenters. The second-order valence-corrected chi connectivity index (χ2v) is 6.88. The highest BCUT2D eigenvalue weighted by Gasteiger charge is 2.22. The molecule has 0 saturated carbocycles. The number of nitrogens with one attached hydrogen (secondary N) is 1. The van der Waals surface area contributed by atoms with Crippen LogP contribution in [0.15, 0.2) is 42.5 Å². The second kappa shape index (κ2) is 5.08. The van der Waals surface area contributed by atoms with Crippen molar-refractivity contribution in [3.8, 4) is 11.1 Å². The number of hydrogen-bond acceptors (Lipinski definition) is 1. The third-order valence-corrected chi connectivity index (χ3v) is 4.47. The molecule has 3 heteroatoms. The topological polar surface area (TPSA) is 12.0 Å². The quantitative estimate of drug-likeness (QED) is 0.653. The summed E-state index contributed by atoms with van der Waals surface area (Å²) in [6.07, 6.45) is 2.26. The minimum atomic E-state index is -0.0117. The van der Waals surface area contributed by atoms with E-state index in [1.54, 1.807) is 0 Å². The summed E-state index contributed by atoms with van der Waals surface area (Å²) < 4.78 is 0. The van der Waals surface area contributed by atoms with Crippen LogP contribution in [0.4, 0.5) is 5.69 Å². The number of benzene rings is 2. The zero-order valence-corrected chi connectivity index (χ0v) is 13.8. The van der Waals surface area contributed by atoms with Gasteiger partial charge in [-0.15, -0.1) is 0 Å². The lowest BCUT2D eigenvalue weighted by molar-refractivity contribution is 0.707. The third-order valence-electron chi connectivity index (χ3n) is 3.73. The van der Waals surface area contributed by atoms with E-state index >= 15 is 0 Å². The van der Waals surface area contributed by atoms with E-state index in [0.717, 1.165) is 11.1 Å². The van der Waals surface area contributed by atoms with Crippen LogP contribution >= 0.6 is 23.2 Å². The summed E-state index contributed by atoms with van der Waals surface area (Å²) >= 11 is 12.1. The predicted octanol–water partition coefficient (Wildman–Crippen LogP) is 6.27. The average molecular weight is 318 g/mol. The first kappa shape index (κ1) is 14.5. The minimum absolute atomic E-state index is 0.0117. The molecule has 0 bridgehead atoms. The minimum Gasteiger partial charge on any atom is -0.376 e. The first-order valence-electron chi connectivity index (χ1n) is 6.93. The molecular formula is C18H17Cl2N. The smallest absolute Gasteiger partial charge is 0.0598 e. The van der Waals surface area contributed by atoms with Crippen LogP contribution in [0.3, 0.4) is 0 Å². The average Bonchev–Trinajstić information content (AvgIpc) is 2.40. The van der Waals surface area contributed by atoms with Gasteiger partial charge in [-0.2, -0.15) is 0 Å². The molecule has 1 aliphatic heterocycles. The number of hydrogen-bond donors (Lipinski definition) is 1. The molecule has 2 aromatic carbocycles. The monoisotopic (exact) mass is 317 g/mol. The Morgan fingerprint density at radius 1 is 0.905 bits per heavy atom. The van der Waals surface area contributed by atoms with Crippen molar-refractivity contribution < 1.29 is 0 Å². The fraction of sp³-hybridized carbons (Fsp3) is 0.222. The molecule has 2 aromatic rings. The number of rotatable bonds is 1. The highest BCUT2D eigenvalue weighted by Crippen LogP contribution is 2.37. The number of fused-ring (bicyclic) bond motifs is 1. The van der Waals surface area contributed by atoms with Gasteiger partial charge in [0.05, 0.1) is 15.6 Å². The molecule has 0 fully saturated rings. The summed E-state index contributed by atoms with van der Waals surface area (Å²) in [6.45, 7) is 6.50. The molecule has 3 rings (SSSR count). The Morgan fingerprint density at radius 3 is 2.29 bits per heavy atom. The molecule has 0 amide bonds. The van der Waals surface area contributed by atoms with Crippen molar-refractivity contribution in [3.05, 3.63) is 58.1 Å². The summed E-state index contributed by atoms with van der Waals surface area (Å²) in [5, 5.41) is 4.71. The molecule has 21 heavy (non-hydrogen) atoms. The molecule has 0 aliphatic carbocycles. The molecule has 1 heterocycles. The normalized spacial score (nSPS) is 16.0. The lowest BCUT2D eigenvalue weighted by atomic mass is 9.89. The summed E-state index contributed by atoms with van der Waals surface area (Å²) in [7, 11) is 0. The summed E-state index contributed by atoms with van der Waals surface area (Å²) in [4.78, 5) is 0. The van der Waals surface area contributed by atoms with E-state index in [9.17, 15) is 0 Å². The Kier molecular flexibility index (Phi) is 3.51. The molecule has 0 unspecified atom stereocenters. The van der Waals surface area contributed by atoms with E-state index in [1.165, 1.54) is 16.8 Å². The maximum absolute atomic E-state index is 6.12. The van der Waals surface area contributed by atoms with Gasteiger partial charge in [0.2, 0.25) is 0 Å². The van der Waals surface area contributed by atoms with Crippen molar-refractivity contribution in [3.63, 3.8) is 0 Å². The van der Waals surface area contributed by atoms with Gasteiger partial charge in [-0.3, -0.25) is 0 Å². The van der Waals surface area contributed by atoms with E-state index in [-0.39, 0.29) is 5.54 Å². The maximum Gasteiger partial charge on any atom is 0.0598 e. The largest absolute Gasteiger partial charge is 0.376 e. The highest BCUT2D eigenvalue weighted by molar-refractivity contribution is 6.42. The summed E-state index contributed by atoms with van der Waals surface area (Å²) in [5.74, 6) is 0. The third kappa shape index (κ3) is 2.81. The first-order chi connectivity index (χ1) is 9.85. The van der Waals surface area contributed by atoms with Crippen molar-refractivity contribution in [1.82, 2.24) is 0 Å². The zero-order valence-electron chi connectivity index (χ0n) is 12.3. The van der Waals surface area contributed by atoms with Gasteiger partial charge in [0.1, 0.15) is 0 Å². The van der Waals surface area contributed by atoms with E-state index in [0.29, 0.717) is 10.0 Å². The lowest BCUT2D eigenvalue weighted by Crippen LogP contribution is -2.31. The SMILES string of the molecule is CC1=CC(C)(C)Nc2ccc(-c3ccc(Cl)c(Cl)c3)cc21. The Bertz CT molecular complexity index is 745. The van der Waals surface area contributed by atoms with Gasteiger partial charge in [0.25, 0.3) is 0 Å². The Hall–Kier alpha value is -1.44. The number of anilines is 1. The van der Waals surface area contributed by atoms with Crippen LogP contribution in [0, 0.1) is 0 Å². The van der Waals surface area contributed by atoms with Crippen molar-refractivity contribution in [1.29, 1.82) is 0 Å². The van der Waals surface area contributed by atoms with Gasteiger partial charge in [-0.25, -0.2) is 0 Å². The Balaban J connectivity index is 2.08. The van der Waals surface area contributed by atoms with Gasteiger partial charge in [0.15, 0.2) is 0 Å². The van der Waals surface area contributed by atoms with E-state index in [2.05, 4.69) is 50.4 Å². The second-order valence-electron chi connectivity index (χ2n) is 6.06. The van der Waals surface area contributed by atoms with Crippen LogP contribution < -0.4 is 5.32 Å². The molecule has 1 aliphatic rings. The number of halogens is 2. The predicted molar refractivity (Wildman–Crippen MR) is 93.3 cm³/mol. The van der Waals surface area contributed by atoms with Crippen LogP contribution in [0.5, 0.6) is 0 Å². The van der Waals surface area contributed by atoms with E-state index < -0.39 is 0 Å². The zero-order chi connectivity index (χ0) is 15.2. The molecule has 108 valence electrons. The maximum atomic E-state index is 6.12. The molecule has 0 aromatic heterocycles. The molecule has 0 saturated heterocycles. The van der Waals surface area contributed by atoms with Crippen LogP contribution in [0.1, 0.15) is 26.3 Å². The fourth-order valence-corrected chi connectivity index (χ4v) is 3.14. The van der Waals surface area contributed by atoms with Gasteiger partial charge in [-0.1, -0.05) is 41.4 Å². The van der Waals surface area contributed by atoms with E-state index in [1.807, 2.05) is 18.2 Å². The van der Waals surface area contributed by atoms with Crippen molar-refractivity contribution in [2.75, 3.05) is 5.32 Å². The summed E-state index contributed by atoms with van der Waals surface area (Å²) in [6, 6.07) is 12.2. The molecule has 1 nitrogen and oxygen atoms in total. The van der Waals surface area contributed by atoms with Crippen LogP contribution in [0.25, 0.3) is 16.7 Å². The van der Waals surface area contributed by atoms with Crippen molar-refractivity contribution in [2.45, 2.75) is 26.3 Å². The molecule has 0 radical (unpaired) electrons. The molecule has 0 spiro atoms. The highest BCUT2D eigenvalue weighted by atomic mass is 35.5. The van der Waals surface area contributed by atoms with Gasteiger partial charge in [-0.05, 0) is 61.7 Å². The Morgan fingerprint density at radius 2 is 1.57 bits per heavy atom. The van der Waals surface area contributed by atoms with Gasteiger partial charge in [0, 0.05) is 11.3 Å². The van der Waals surface area contributed by atoms with Crippen LogP contribution in [0.2, 0.25) is 10.0 Å².